The summed E-state index contributed by atoms with van der Waals surface area (Å²) in [6, 6.07) is 11.5. The van der Waals surface area contributed by atoms with E-state index in [1.807, 2.05) is 43.3 Å². The number of pyridine rings is 1. The van der Waals surface area contributed by atoms with E-state index in [4.69, 9.17) is 26.8 Å². The number of methoxy groups -OCH3 is 1. The number of aromatic nitrogens is 1. The van der Waals surface area contributed by atoms with Gasteiger partial charge in [-0.05, 0) is 56.5 Å². The molecule has 3 N–H and O–H groups in total. The van der Waals surface area contributed by atoms with Gasteiger partial charge in [0.1, 0.15) is 11.3 Å². The zero-order valence-corrected chi connectivity index (χ0v) is 21.1. The van der Waals surface area contributed by atoms with Gasteiger partial charge in [-0.3, -0.25) is 9.69 Å². The number of carbonyl (C=O) groups excluding carboxylic acids is 1. The number of benzene rings is 1. The van der Waals surface area contributed by atoms with Crippen molar-refractivity contribution in [3.05, 3.63) is 76.8 Å². The summed E-state index contributed by atoms with van der Waals surface area (Å²) in [5.41, 5.74) is 11.4. The van der Waals surface area contributed by atoms with Crippen molar-refractivity contribution in [2.24, 2.45) is 5.92 Å². The maximum atomic E-state index is 12.8. The number of nitrogens with zero attached hydrogens (tertiary/aromatic N) is 2. The molecule has 3 rings (SSSR count). The molecule has 1 amide bonds. The summed E-state index contributed by atoms with van der Waals surface area (Å²) in [5, 5.41) is 3.13. The molecule has 0 atom stereocenters. The zero-order chi connectivity index (χ0) is 25.2. The van der Waals surface area contributed by atoms with E-state index in [2.05, 4.69) is 27.5 Å². The third-order valence-corrected chi connectivity index (χ3v) is 6.28. The molecule has 35 heavy (non-hydrogen) atoms. The minimum atomic E-state index is -0.263. The van der Waals surface area contributed by atoms with E-state index in [1.54, 1.807) is 7.11 Å². The first-order chi connectivity index (χ1) is 16.9. The first-order valence-electron chi connectivity index (χ1n) is 11.7. The normalized spacial score (nSPS) is 14.8. The van der Waals surface area contributed by atoms with Crippen LogP contribution in [-0.2, 0) is 4.74 Å². The molecule has 1 aliphatic heterocycles. The number of rotatable bonds is 10. The summed E-state index contributed by atoms with van der Waals surface area (Å²) < 4.78 is 11.1. The molecule has 7 nitrogen and oxygen atoms in total. The minimum absolute atomic E-state index is 0.126. The Morgan fingerprint density at radius 3 is 2.69 bits per heavy atom. The molecule has 0 radical (unpaired) electrons. The maximum absolute atomic E-state index is 12.8. The number of likely N-dealkylation sites (tertiary alicyclic amines) is 1. The number of halogens is 1. The molecular formula is C27H33ClN4O3. The molecule has 2 heterocycles. The van der Waals surface area contributed by atoms with Crippen LogP contribution in [0.5, 0.6) is 5.88 Å². The van der Waals surface area contributed by atoms with Crippen molar-refractivity contribution < 1.29 is 14.3 Å². The molecule has 0 spiro atoms. The van der Waals surface area contributed by atoms with Crippen LogP contribution < -0.4 is 15.8 Å². The van der Waals surface area contributed by atoms with Gasteiger partial charge in [-0.1, -0.05) is 48.5 Å². The van der Waals surface area contributed by atoms with Crippen molar-refractivity contribution >= 4 is 28.8 Å². The lowest BCUT2D eigenvalue weighted by Crippen LogP contribution is -2.39. The van der Waals surface area contributed by atoms with Crippen molar-refractivity contribution in [2.75, 3.05) is 45.6 Å². The van der Waals surface area contributed by atoms with Crippen LogP contribution in [0.25, 0.3) is 5.57 Å². The van der Waals surface area contributed by atoms with Crippen LogP contribution >= 0.6 is 11.6 Å². The van der Waals surface area contributed by atoms with Crippen LogP contribution in [0.4, 0.5) is 5.69 Å². The Morgan fingerprint density at radius 2 is 2.06 bits per heavy atom. The topological polar surface area (TPSA) is 89.7 Å². The fraction of sp³-hybridized carbons (Fsp3) is 0.370. The van der Waals surface area contributed by atoms with Crippen LogP contribution in [-0.4, -0.2) is 55.7 Å². The predicted octanol–water partition coefficient (Wildman–Crippen LogP) is 4.56. The van der Waals surface area contributed by atoms with Crippen LogP contribution in [0.15, 0.2) is 60.5 Å². The highest BCUT2D eigenvalue weighted by Gasteiger charge is 2.22. The molecule has 1 fully saturated rings. The number of allylic oxidation sites excluding steroid dienone is 2. The number of nitrogen functional groups attached to an aromatic ring is 1. The number of amides is 1. The molecule has 0 bridgehead atoms. The Labute approximate surface area is 212 Å². The first kappa shape index (κ1) is 26.4. The van der Waals surface area contributed by atoms with Gasteiger partial charge in [0.15, 0.2) is 5.15 Å². The minimum Gasteiger partial charge on any atom is -0.500 e. The predicted molar refractivity (Wildman–Crippen MR) is 140 cm³/mol. The van der Waals surface area contributed by atoms with Crippen LogP contribution in [0.3, 0.4) is 0 Å². The Morgan fingerprint density at radius 1 is 1.34 bits per heavy atom. The molecule has 0 aliphatic carbocycles. The Bertz CT molecular complexity index is 1090. The monoisotopic (exact) mass is 496 g/mol. The fourth-order valence-corrected chi connectivity index (χ4v) is 4.12. The van der Waals surface area contributed by atoms with E-state index in [-0.39, 0.29) is 22.6 Å². The van der Waals surface area contributed by atoms with Gasteiger partial charge in [0.25, 0.3) is 5.91 Å². The van der Waals surface area contributed by atoms with E-state index in [1.165, 1.54) is 6.07 Å². The van der Waals surface area contributed by atoms with Gasteiger partial charge in [0.2, 0.25) is 5.88 Å². The highest BCUT2D eigenvalue weighted by Crippen LogP contribution is 2.26. The second-order valence-corrected chi connectivity index (χ2v) is 8.71. The number of carbonyl (C=O) groups is 1. The van der Waals surface area contributed by atoms with Gasteiger partial charge in [0, 0.05) is 12.1 Å². The molecule has 1 aromatic heterocycles. The smallest absolute Gasteiger partial charge is 0.256 e. The highest BCUT2D eigenvalue weighted by atomic mass is 35.5. The molecule has 8 heteroatoms. The Balaban J connectivity index is 1.52. The fourth-order valence-electron chi connectivity index (χ4n) is 3.99. The zero-order valence-electron chi connectivity index (χ0n) is 20.4. The number of nitrogens with two attached hydrogens (primary N) is 1. The lowest BCUT2D eigenvalue weighted by molar-refractivity contribution is 0.0930. The van der Waals surface area contributed by atoms with Crippen molar-refractivity contribution in [1.29, 1.82) is 0 Å². The van der Waals surface area contributed by atoms with Gasteiger partial charge in [-0.15, -0.1) is 5.73 Å². The van der Waals surface area contributed by atoms with Crippen LogP contribution in [0.1, 0.15) is 35.7 Å². The van der Waals surface area contributed by atoms with Gasteiger partial charge in [-0.2, -0.15) is 4.98 Å². The number of hydrogen-bond acceptors (Lipinski definition) is 6. The highest BCUT2D eigenvalue weighted by molar-refractivity contribution is 6.32. The molecular weight excluding hydrogens is 464 g/mol. The van der Waals surface area contributed by atoms with Gasteiger partial charge >= 0.3 is 0 Å². The lowest BCUT2D eigenvalue weighted by Gasteiger charge is -2.32. The number of piperidine rings is 1. The summed E-state index contributed by atoms with van der Waals surface area (Å²) in [5.74, 6) is 1.18. The average Bonchev–Trinajstić information content (AvgIpc) is 2.88. The molecule has 186 valence electrons. The van der Waals surface area contributed by atoms with Gasteiger partial charge in [-0.25, -0.2) is 0 Å². The number of anilines is 1. The molecule has 1 aliphatic rings. The standard InChI is InChI=1S/C27H33ClN4O3/c1-4-20(21-9-7-6-8-10-21)15-22(34-3)18-32-13-11-19(12-14-32)17-30-26(33)23-16-24(29)25(28)31-27(23)35-5-2/h6-10,15-16,19H,1,5,11-14,17-18,29H2,2-3H3,(H,30,33)/b22-15-. The Hall–Kier alpha value is -3.25. The van der Waals surface area contributed by atoms with E-state index in [0.717, 1.165) is 42.8 Å². The second-order valence-electron chi connectivity index (χ2n) is 8.35. The van der Waals surface area contributed by atoms with E-state index in [9.17, 15) is 4.79 Å². The van der Waals surface area contributed by atoms with Crippen molar-refractivity contribution in [3.8, 4) is 5.88 Å². The Kier molecular flexibility index (Phi) is 9.79. The summed E-state index contributed by atoms with van der Waals surface area (Å²) in [4.78, 5) is 19.2. The molecule has 0 unspecified atom stereocenters. The first-order valence-corrected chi connectivity index (χ1v) is 12.1. The lowest BCUT2D eigenvalue weighted by atomic mass is 9.96. The summed E-state index contributed by atoms with van der Waals surface area (Å²) >= 11 is 5.98. The van der Waals surface area contributed by atoms with Gasteiger partial charge in [0.05, 0.1) is 25.9 Å². The average molecular weight is 497 g/mol. The second kappa shape index (κ2) is 13.0. The summed E-state index contributed by atoms with van der Waals surface area (Å²) in [6.45, 7) is 9.14. The maximum Gasteiger partial charge on any atom is 0.256 e. The number of ether oxygens (including phenoxy) is 2. The summed E-state index contributed by atoms with van der Waals surface area (Å²) in [7, 11) is 1.69. The van der Waals surface area contributed by atoms with Crippen molar-refractivity contribution in [3.63, 3.8) is 0 Å². The van der Waals surface area contributed by atoms with E-state index >= 15 is 0 Å². The number of nitrogens with one attached hydrogen (secondary N) is 1. The SMILES string of the molecule is C=C=C(/C=C(/CN1CCC(CNC(=O)c2cc(N)c(Cl)nc2OCC)CC1)OC)c1ccccc1. The third-order valence-electron chi connectivity index (χ3n) is 5.97. The van der Waals surface area contributed by atoms with Crippen LogP contribution in [0, 0.1) is 5.92 Å². The molecule has 1 aromatic carbocycles. The van der Waals surface area contributed by atoms with Crippen molar-refractivity contribution in [1.82, 2.24) is 15.2 Å². The summed E-state index contributed by atoms with van der Waals surface area (Å²) in [6.07, 6.45) is 3.94. The largest absolute Gasteiger partial charge is 0.500 e. The van der Waals surface area contributed by atoms with Crippen molar-refractivity contribution in [2.45, 2.75) is 19.8 Å². The molecule has 1 saturated heterocycles. The van der Waals surface area contributed by atoms with E-state index in [0.29, 0.717) is 31.2 Å². The third kappa shape index (κ3) is 7.36. The van der Waals surface area contributed by atoms with Crippen LogP contribution in [0.2, 0.25) is 5.15 Å². The molecule has 0 saturated carbocycles. The number of hydrogen-bond donors (Lipinski definition) is 2. The molecule has 2 aromatic rings. The van der Waals surface area contributed by atoms with Gasteiger partial charge < -0.3 is 20.5 Å². The van der Waals surface area contributed by atoms with E-state index < -0.39 is 0 Å². The quantitative estimate of drug-likeness (QED) is 0.217.